The number of methoxy groups -OCH3 is 1. The van der Waals surface area contributed by atoms with Gasteiger partial charge in [0, 0.05) is 12.0 Å². The van der Waals surface area contributed by atoms with Crippen LogP contribution in [0.3, 0.4) is 0 Å². The molecule has 0 aliphatic heterocycles. The van der Waals surface area contributed by atoms with Crippen LogP contribution in [0.4, 0.5) is 4.39 Å². The first-order valence-electron chi connectivity index (χ1n) is 6.04. The van der Waals surface area contributed by atoms with Crippen molar-refractivity contribution < 1.29 is 14.2 Å². The number of hydrogen-bond donors (Lipinski definition) is 1. The van der Waals surface area contributed by atoms with Crippen molar-refractivity contribution >= 4 is 0 Å². The molecule has 0 heterocycles. The van der Waals surface area contributed by atoms with Crippen molar-refractivity contribution in [1.82, 2.24) is 0 Å². The van der Waals surface area contributed by atoms with Crippen molar-refractivity contribution in [3.8, 4) is 5.75 Å². The lowest BCUT2D eigenvalue weighted by Gasteiger charge is -2.16. The summed E-state index contributed by atoms with van der Waals surface area (Å²) in [6.07, 6.45) is 2.07. The van der Waals surface area contributed by atoms with Gasteiger partial charge in [-0.15, -0.1) is 0 Å². The number of hydrogen-bond acceptors (Lipinski definition) is 2. The van der Waals surface area contributed by atoms with Crippen molar-refractivity contribution in [2.24, 2.45) is 0 Å². The minimum Gasteiger partial charge on any atom is -0.493 e. The van der Waals surface area contributed by atoms with Crippen LogP contribution in [-0.4, -0.2) is 17.8 Å². The lowest BCUT2D eigenvalue weighted by molar-refractivity contribution is 0.149. The van der Waals surface area contributed by atoms with E-state index in [1.165, 1.54) is 13.2 Å². The highest BCUT2D eigenvalue weighted by atomic mass is 19.1. The molecule has 1 aromatic carbocycles. The lowest BCUT2D eigenvalue weighted by Crippen LogP contribution is -2.12. The molecule has 2 nitrogen and oxygen atoms in total. The van der Waals surface area contributed by atoms with Crippen LogP contribution in [0.2, 0.25) is 0 Å². The van der Waals surface area contributed by atoms with Crippen LogP contribution in [0, 0.1) is 5.82 Å². The number of halogens is 1. The van der Waals surface area contributed by atoms with Crippen LogP contribution in [0.25, 0.3) is 0 Å². The molecule has 0 aromatic heterocycles. The third kappa shape index (κ3) is 2.60. The molecule has 1 aliphatic carbocycles. The molecule has 17 heavy (non-hydrogen) atoms. The summed E-state index contributed by atoms with van der Waals surface area (Å²) in [4.78, 5) is 0. The monoisotopic (exact) mass is 238 g/mol. The second-order valence-electron chi connectivity index (χ2n) is 5.25. The third-order valence-electron chi connectivity index (χ3n) is 3.36. The Morgan fingerprint density at radius 3 is 2.53 bits per heavy atom. The Hall–Kier alpha value is -1.09. The van der Waals surface area contributed by atoms with Gasteiger partial charge < -0.3 is 9.84 Å². The Labute approximate surface area is 101 Å². The van der Waals surface area contributed by atoms with E-state index in [9.17, 15) is 9.50 Å². The predicted molar refractivity (Wildman–Crippen MR) is 64.9 cm³/mol. The largest absolute Gasteiger partial charge is 0.493 e. The molecule has 1 N–H and O–H groups in total. The van der Waals surface area contributed by atoms with Crippen molar-refractivity contribution in [2.75, 3.05) is 7.11 Å². The fourth-order valence-corrected chi connectivity index (χ4v) is 2.04. The van der Waals surface area contributed by atoms with E-state index in [0.717, 1.165) is 24.0 Å². The van der Waals surface area contributed by atoms with Crippen molar-refractivity contribution in [1.29, 1.82) is 0 Å². The van der Waals surface area contributed by atoms with Gasteiger partial charge in [-0.25, -0.2) is 4.39 Å². The summed E-state index contributed by atoms with van der Waals surface area (Å²) in [6.45, 7) is 4.05. The van der Waals surface area contributed by atoms with E-state index in [2.05, 4.69) is 0 Å². The van der Waals surface area contributed by atoms with Crippen LogP contribution >= 0.6 is 0 Å². The first-order valence-corrected chi connectivity index (χ1v) is 6.04. The summed E-state index contributed by atoms with van der Waals surface area (Å²) < 4.78 is 19.0. The molecule has 94 valence electrons. The zero-order valence-corrected chi connectivity index (χ0v) is 10.6. The van der Waals surface area contributed by atoms with E-state index >= 15 is 0 Å². The summed E-state index contributed by atoms with van der Waals surface area (Å²) in [6, 6.07) is 3.47. The molecule has 0 unspecified atom stereocenters. The Bertz CT molecular complexity index is 422. The molecule has 0 radical (unpaired) electrons. The summed E-state index contributed by atoms with van der Waals surface area (Å²) in [7, 11) is 1.47. The molecular weight excluding hydrogens is 219 g/mol. The molecule has 1 saturated carbocycles. The minimum atomic E-state index is -0.630. The molecule has 3 heteroatoms. The average Bonchev–Trinajstić information content (AvgIpc) is 2.95. The van der Waals surface area contributed by atoms with Crippen molar-refractivity contribution in [3.63, 3.8) is 0 Å². The van der Waals surface area contributed by atoms with Gasteiger partial charge in [-0.05, 0) is 30.4 Å². The second-order valence-corrected chi connectivity index (χ2v) is 5.25. The van der Waals surface area contributed by atoms with Crippen LogP contribution in [-0.2, 0) is 6.42 Å². The molecule has 1 aromatic rings. The Morgan fingerprint density at radius 1 is 1.41 bits per heavy atom. The molecule has 0 amide bonds. The summed E-state index contributed by atoms with van der Waals surface area (Å²) in [5.41, 5.74) is 1.09. The van der Waals surface area contributed by atoms with E-state index in [4.69, 9.17) is 4.74 Å². The fraction of sp³-hybridized carbons (Fsp3) is 0.571. The maximum Gasteiger partial charge on any atom is 0.165 e. The van der Waals surface area contributed by atoms with Crippen LogP contribution in [0.5, 0.6) is 5.75 Å². The Morgan fingerprint density at radius 2 is 2.06 bits per heavy atom. The highest BCUT2D eigenvalue weighted by Gasteiger charge is 2.41. The highest BCUT2D eigenvalue weighted by molar-refractivity contribution is 5.41. The van der Waals surface area contributed by atoms with Gasteiger partial charge in [0.05, 0.1) is 12.7 Å². The van der Waals surface area contributed by atoms with Gasteiger partial charge >= 0.3 is 0 Å². The Balaban J connectivity index is 2.38. The molecule has 1 aliphatic rings. The fourth-order valence-electron chi connectivity index (χ4n) is 2.04. The maximum absolute atomic E-state index is 13.9. The van der Waals surface area contributed by atoms with Crippen molar-refractivity contribution in [2.45, 2.75) is 44.6 Å². The normalized spacial score (nSPS) is 17.3. The standard InChI is InChI=1S/C14H19FO2/c1-9(2)10-6-11(8-14(16)4-5-14)13(17-3)12(15)7-10/h6-7,9,16H,4-5,8H2,1-3H3. The molecule has 0 saturated heterocycles. The van der Waals surface area contributed by atoms with E-state index in [1.54, 1.807) is 0 Å². The number of benzene rings is 1. The van der Waals surface area contributed by atoms with Gasteiger partial charge in [-0.1, -0.05) is 19.9 Å². The highest BCUT2D eigenvalue weighted by Crippen LogP contribution is 2.41. The zero-order valence-electron chi connectivity index (χ0n) is 10.6. The number of aliphatic hydroxyl groups is 1. The van der Waals surface area contributed by atoms with Gasteiger partial charge in [0.15, 0.2) is 11.6 Å². The van der Waals surface area contributed by atoms with E-state index < -0.39 is 5.60 Å². The lowest BCUT2D eigenvalue weighted by atomic mass is 9.96. The molecule has 0 bridgehead atoms. The molecule has 1 fully saturated rings. The van der Waals surface area contributed by atoms with Gasteiger partial charge in [-0.2, -0.15) is 0 Å². The van der Waals surface area contributed by atoms with Gasteiger partial charge in [-0.3, -0.25) is 0 Å². The first kappa shape index (κ1) is 12.4. The number of ether oxygens (including phenoxy) is 1. The summed E-state index contributed by atoms with van der Waals surface area (Å²) in [5.74, 6) is 0.204. The molecule has 0 atom stereocenters. The van der Waals surface area contributed by atoms with Crippen molar-refractivity contribution in [3.05, 3.63) is 29.1 Å². The molecule has 2 rings (SSSR count). The van der Waals surface area contributed by atoms with E-state index in [-0.39, 0.29) is 17.5 Å². The van der Waals surface area contributed by atoms with Gasteiger partial charge in [0.1, 0.15) is 0 Å². The Kier molecular flexibility index (Phi) is 3.13. The molecule has 0 spiro atoms. The molecular formula is C14H19FO2. The second kappa shape index (κ2) is 4.30. The van der Waals surface area contributed by atoms with Gasteiger partial charge in [0.25, 0.3) is 0 Å². The maximum atomic E-state index is 13.9. The third-order valence-corrected chi connectivity index (χ3v) is 3.36. The predicted octanol–water partition coefficient (Wildman–Crippen LogP) is 3.03. The topological polar surface area (TPSA) is 29.5 Å². The number of rotatable bonds is 4. The minimum absolute atomic E-state index is 0.267. The smallest absolute Gasteiger partial charge is 0.165 e. The summed E-state index contributed by atoms with van der Waals surface area (Å²) >= 11 is 0. The van der Waals surface area contributed by atoms with Gasteiger partial charge in [0.2, 0.25) is 0 Å². The van der Waals surface area contributed by atoms with Crippen LogP contribution in [0.1, 0.15) is 43.7 Å². The SMILES string of the molecule is COc1c(F)cc(C(C)C)cc1CC1(O)CC1. The average molecular weight is 238 g/mol. The van der Waals surface area contributed by atoms with E-state index in [1.807, 2.05) is 19.9 Å². The quantitative estimate of drug-likeness (QED) is 0.873. The summed E-state index contributed by atoms with van der Waals surface area (Å²) in [5, 5.41) is 9.94. The van der Waals surface area contributed by atoms with E-state index in [0.29, 0.717) is 6.42 Å². The van der Waals surface area contributed by atoms with Crippen LogP contribution < -0.4 is 4.74 Å². The zero-order chi connectivity index (χ0) is 12.6. The van der Waals surface area contributed by atoms with Crippen LogP contribution in [0.15, 0.2) is 12.1 Å². The first-order chi connectivity index (χ1) is 7.95.